The fourth-order valence-electron chi connectivity index (χ4n) is 5.35. The van der Waals surface area contributed by atoms with Crippen LogP contribution in [-0.4, -0.2) is 66.5 Å². The van der Waals surface area contributed by atoms with Crippen molar-refractivity contribution in [2.45, 2.75) is 70.5 Å². The first-order valence-electron chi connectivity index (χ1n) is 12.3. The maximum Gasteiger partial charge on any atom is 0.225 e. The fourth-order valence-corrected chi connectivity index (χ4v) is 5.35. The van der Waals surface area contributed by atoms with E-state index >= 15 is 0 Å². The first kappa shape index (κ1) is 25.3. The molecule has 4 rings (SSSR count). The Labute approximate surface area is 210 Å². The number of hydrogen-bond donors (Lipinski definition) is 2. The van der Waals surface area contributed by atoms with Gasteiger partial charge in [-0.1, -0.05) is 43.2 Å². The summed E-state index contributed by atoms with van der Waals surface area (Å²) in [7, 11) is 0. The molecule has 1 aromatic rings. The van der Waals surface area contributed by atoms with Crippen LogP contribution in [0, 0.1) is 5.92 Å². The third kappa shape index (κ3) is 6.83. The number of nitrogens with zero attached hydrogens (tertiary/aromatic N) is 3. The lowest BCUT2D eigenvalue weighted by atomic mass is 10.1. The van der Waals surface area contributed by atoms with E-state index in [1.54, 1.807) is 0 Å². The molecule has 178 valence electrons. The summed E-state index contributed by atoms with van der Waals surface area (Å²) in [5.41, 5.74) is 1.38. The molecule has 2 unspecified atom stereocenters. The number of nitrogens with one attached hydrogen (secondary N) is 2. The number of carbonyl (C=O) groups is 1. The lowest BCUT2D eigenvalue weighted by Gasteiger charge is -2.24. The van der Waals surface area contributed by atoms with Crippen molar-refractivity contribution in [2.24, 2.45) is 10.9 Å². The Kier molecular flexibility index (Phi) is 10.1. The summed E-state index contributed by atoms with van der Waals surface area (Å²) in [5.74, 6) is 1.55. The van der Waals surface area contributed by atoms with Gasteiger partial charge in [0, 0.05) is 44.2 Å². The van der Waals surface area contributed by atoms with Gasteiger partial charge in [-0.2, -0.15) is 0 Å². The Morgan fingerprint density at radius 1 is 1.06 bits per heavy atom. The van der Waals surface area contributed by atoms with E-state index in [-0.39, 0.29) is 29.9 Å². The highest BCUT2D eigenvalue weighted by molar-refractivity contribution is 14.0. The molecular formula is C25H40IN5O. The summed E-state index contributed by atoms with van der Waals surface area (Å²) in [4.78, 5) is 22.3. The van der Waals surface area contributed by atoms with Gasteiger partial charge in [-0.05, 0) is 51.1 Å². The molecule has 3 fully saturated rings. The zero-order valence-electron chi connectivity index (χ0n) is 19.5. The smallest absolute Gasteiger partial charge is 0.225 e. The molecule has 2 saturated heterocycles. The minimum Gasteiger partial charge on any atom is -0.357 e. The van der Waals surface area contributed by atoms with E-state index in [9.17, 15) is 4.79 Å². The molecule has 2 N–H and O–H groups in total. The highest BCUT2D eigenvalue weighted by Crippen LogP contribution is 2.28. The second-order valence-corrected chi connectivity index (χ2v) is 9.37. The molecule has 3 aliphatic rings. The quantitative estimate of drug-likeness (QED) is 0.308. The van der Waals surface area contributed by atoms with Gasteiger partial charge in [-0.25, -0.2) is 0 Å². The summed E-state index contributed by atoms with van der Waals surface area (Å²) < 4.78 is 0. The second kappa shape index (κ2) is 12.8. The third-order valence-corrected chi connectivity index (χ3v) is 7.08. The Morgan fingerprint density at radius 3 is 2.59 bits per heavy atom. The molecule has 1 saturated carbocycles. The zero-order valence-corrected chi connectivity index (χ0v) is 21.8. The molecule has 2 aliphatic heterocycles. The monoisotopic (exact) mass is 553 g/mol. The molecule has 0 radical (unpaired) electrons. The van der Waals surface area contributed by atoms with Gasteiger partial charge >= 0.3 is 0 Å². The van der Waals surface area contributed by atoms with E-state index in [0.29, 0.717) is 18.0 Å². The highest BCUT2D eigenvalue weighted by Gasteiger charge is 2.32. The van der Waals surface area contributed by atoms with Gasteiger partial charge in [0.25, 0.3) is 0 Å². The Bertz CT molecular complexity index is 737. The number of amides is 1. The first-order valence-corrected chi connectivity index (χ1v) is 12.3. The number of aliphatic imine (C=N–C) groups is 1. The minimum atomic E-state index is 0. The maximum atomic E-state index is 12.7. The van der Waals surface area contributed by atoms with Crippen molar-refractivity contribution >= 4 is 35.8 Å². The average molecular weight is 554 g/mol. The van der Waals surface area contributed by atoms with Crippen molar-refractivity contribution in [3.05, 3.63) is 35.9 Å². The normalized spacial score (nSPS) is 24.5. The van der Waals surface area contributed by atoms with Crippen LogP contribution in [0.4, 0.5) is 0 Å². The van der Waals surface area contributed by atoms with Crippen LogP contribution in [-0.2, 0) is 11.3 Å². The number of carbonyl (C=O) groups excluding carboxylic acids is 1. The molecule has 0 aromatic heterocycles. The third-order valence-electron chi connectivity index (χ3n) is 7.08. The Hall–Kier alpha value is -1.35. The summed E-state index contributed by atoms with van der Waals surface area (Å²) in [6.45, 7) is 7.62. The Morgan fingerprint density at radius 2 is 1.84 bits per heavy atom. The molecule has 0 bridgehead atoms. The largest absolute Gasteiger partial charge is 0.357 e. The maximum absolute atomic E-state index is 12.7. The molecule has 7 heteroatoms. The number of rotatable bonds is 7. The number of likely N-dealkylation sites (tertiary alicyclic amines) is 2. The van der Waals surface area contributed by atoms with E-state index in [4.69, 9.17) is 4.99 Å². The van der Waals surface area contributed by atoms with Crippen LogP contribution < -0.4 is 10.6 Å². The topological polar surface area (TPSA) is 60.0 Å². The van der Waals surface area contributed by atoms with Crippen molar-refractivity contribution in [3.63, 3.8) is 0 Å². The van der Waals surface area contributed by atoms with Crippen molar-refractivity contribution in [3.8, 4) is 0 Å². The minimum absolute atomic E-state index is 0. The van der Waals surface area contributed by atoms with E-state index in [2.05, 4.69) is 57.7 Å². The molecular weight excluding hydrogens is 513 g/mol. The molecule has 6 nitrogen and oxygen atoms in total. The van der Waals surface area contributed by atoms with Gasteiger partial charge in [0.15, 0.2) is 5.96 Å². The van der Waals surface area contributed by atoms with Crippen molar-refractivity contribution in [1.29, 1.82) is 0 Å². The number of benzene rings is 1. The van der Waals surface area contributed by atoms with Crippen molar-refractivity contribution < 1.29 is 4.79 Å². The average Bonchev–Trinajstić information content (AvgIpc) is 3.55. The lowest BCUT2D eigenvalue weighted by Crippen LogP contribution is -2.46. The molecule has 32 heavy (non-hydrogen) atoms. The van der Waals surface area contributed by atoms with Crippen LogP contribution in [0.2, 0.25) is 0 Å². The SMILES string of the molecule is CCNC(=NCC1CCCN1Cc1ccccc1)NC1CCN(C(=O)C2CCCC2)C1.I. The zero-order chi connectivity index (χ0) is 21.5. The first-order chi connectivity index (χ1) is 15.2. The fraction of sp³-hybridized carbons (Fsp3) is 0.680. The summed E-state index contributed by atoms with van der Waals surface area (Å²) >= 11 is 0. The number of halogens is 1. The van der Waals surface area contributed by atoms with Gasteiger partial charge in [0.2, 0.25) is 5.91 Å². The summed E-state index contributed by atoms with van der Waals surface area (Å²) in [5, 5.41) is 7.02. The predicted octanol–water partition coefficient (Wildman–Crippen LogP) is 3.62. The van der Waals surface area contributed by atoms with Crippen LogP contribution in [0.1, 0.15) is 57.4 Å². The molecule has 0 spiro atoms. The molecule has 2 atom stereocenters. The Balaban J connectivity index is 0.00000289. The van der Waals surface area contributed by atoms with Gasteiger partial charge in [0.1, 0.15) is 0 Å². The number of hydrogen-bond acceptors (Lipinski definition) is 3. The molecule has 1 amide bonds. The predicted molar refractivity (Wildman–Crippen MR) is 141 cm³/mol. The second-order valence-electron chi connectivity index (χ2n) is 9.37. The van der Waals surface area contributed by atoms with Gasteiger partial charge in [-0.3, -0.25) is 14.7 Å². The van der Waals surface area contributed by atoms with Gasteiger partial charge < -0.3 is 15.5 Å². The van der Waals surface area contributed by atoms with Crippen LogP contribution in [0.25, 0.3) is 0 Å². The summed E-state index contributed by atoms with van der Waals surface area (Å²) in [6.07, 6.45) is 8.06. The van der Waals surface area contributed by atoms with Crippen LogP contribution in [0.5, 0.6) is 0 Å². The lowest BCUT2D eigenvalue weighted by molar-refractivity contribution is -0.134. The number of guanidine groups is 1. The van der Waals surface area contributed by atoms with Gasteiger partial charge in [-0.15, -0.1) is 24.0 Å². The van der Waals surface area contributed by atoms with Gasteiger partial charge in [0.05, 0.1) is 6.54 Å². The van der Waals surface area contributed by atoms with E-state index in [1.807, 2.05) is 0 Å². The van der Waals surface area contributed by atoms with Crippen LogP contribution in [0.15, 0.2) is 35.3 Å². The van der Waals surface area contributed by atoms with Crippen molar-refractivity contribution in [2.75, 3.05) is 32.7 Å². The van der Waals surface area contributed by atoms with Crippen molar-refractivity contribution in [1.82, 2.24) is 20.4 Å². The van der Waals surface area contributed by atoms with E-state index < -0.39 is 0 Å². The molecule has 1 aromatic carbocycles. The summed E-state index contributed by atoms with van der Waals surface area (Å²) in [6, 6.07) is 11.5. The molecule has 2 heterocycles. The highest BCUT2D eigenvalue weighted by atomic mass is 127. The molecule has 1 aliphatic carbocycles. The standard InChI is InChI=1S/C25H39N5O.HI/c1-2-26-25(28-22-14-16-30(19-22)24(31)21-11-6-7-12-21)27-17-23-13-8-15-29(23)18-20-9-4-3-5-10-20;/h3-5,9-10,21-23H,2,6-8,11-19H2,1H3,(H2,26,27,28);1H. The van der Waals surface area contributed by atoms with Crippen LogP contribution >= 0.6 is 24.0 Å². The van der Waals surface area contributed by atoms with E-state index in [1.165, 1.54) is 31.2 Å². The van der Waals surface area contributed by atoms with Crippen LogP contribution in [0.3, 0.4) is 0 Å². The van der Waals surface area contributed by atoms with E-state index in [0.717, 1.165) is 64.5 Å².